The Morgan fingerprint density at radius 3 is 2.69 bits per heavy atom. The van der Waals surface area contributed by atoms with Gasteiger partial charge in [-0.05, 0) is 31.4 Å². The van der Waals surface area contributed by atoms with Crippen molar-refractivity contribution in [2.24, 2.45) is 0 Å². The summed E-state index contributed by atoms with van der Waals surface area (Å²) < 4.78 is 11.0. The van der Waals surface area contributed by atoms with E-state index in [-0.39, 0.29) is 0 Å². The molecular weight excluding hydrogens is 164 g/mol. The van der Waals surface area contributed by atoms with Gasteiger partial charge in [-0.3, -0.25) is 0 Å². The lowest BCUT2D eigenvalue weighted by atomic mass is 10.2. The Bertz CT molecular complexity index is 303. The van der Waals surface area contributed by atoms with E-state index in [0.717, 1.165) is 17.1 Å². The lowest BCUT2D eigenvalue weighted by Crippen LogP contribution is -2.00. The average molecular weight is 178 g/mol. The van der Waals surface area contributed by atoms with Gasteiger partial charge < -0.3 is 9.47 Å². The largest absolute Gasteiger partial charge is 0.493 e. The highest BCUT2D eigenvalue weighted by Gasteiger charge is 2.25. The topological polar surface area (TPSA) is 18.5 Å². The van der Waals surface area contributed by atoms with Crippen molar-refractivity contribution in [3.05, 3.63) is 23.8 Å². The van der Waals surface area contributed by atoms with Crippen LogP contribution in [-0.2, 0) is 0 Å². The summed E-state index contributed by atoms with van der Waals surface area (Å²) in [6.45, 7) is 2.04. The molecule has 0 amide bonds. The first-order chi connectivity index (χ1) is 6.31. The highest BCUT2D eigenvalue weighted by atomic mass is 16.5. The van der Waals surface area contributed by atoms with Gasteiger partial charge >= 0.3 is 0 Å². The molecule has 2 rings (SSSR count). The maximum Gasteiger partial charge on any atom is 0.164 e. The van der Waals surface area contributed by atoms with Crippen LogP contribution in [0.1, 0.15) is 18.4 Å². The van der Waals surface area contributed by atoms with Crippen LogP contribution in [0.25, 0.3) is 0 Å². The van der Waals surface area contributed by atoms with Gasteiger partial charge in [0.05, 0.1) is 13.2 Å². The summed E-state index contributed by atoms with van der Waals surface area (Å²) in [6, 6.07) is 5.96. The zero-order valence-electron chi connectivity index (χ0n) is 8.04. The van der Waals surface area contributed by atoms with E-state index in [4.69, 9.17) is 9.47 Å². The molecule has 70 valence electrons. The van der Waals surface area contributed by atoms with Crippen LogP contribution in [0.5, 0.6) is 11.5 Å². The molecule has 1 saturated carbocycles. The van der Waals surface area contributed by atoms with Gasteiger partial charge in [0.15, 0.2) is 11.5 Å². The van der Waals surface area contributed by atoms with Crippen LogP contribution in [0.4, 0.5) is 0 Å². The number of hydrogen-bond acceptors (Lipinski definition) is 2. The van der Waals surface area contributed by atoms with Gasteiger partial charge in [0.25, 0.3) is 0 Å². The molecular formula is C11H14O2. The predicted molar refractivity (Wildman–Crippen MR) is 51.4 cm³/mol. The van der Waals surface area contributed by atoms with Crippen LogP contribution < -0.4 is 9.47 Å². The number of ether oxygens (including phenoxy) is 2. The van der Waals surface area contributed by atoms with E-state index in [1.165, 1.54) is 12.8 Å². The molecule has 0 heterocycles. The number of methoxy groups -OCH3 is 1. The van der Waals surface area contributed by atoms with E-state index in [2.05, 4.69) is 0 Å². The zero-order valence-corrected chi connectivity index (χ0v) is 8.04. The highest BCUT2D eigenvalue weighted by molar-refractivity contribution is 5.46. The normalized spacial score (nSPS) is 15.5. The maximum absolute atomic E-state index is 5.75. The fourth-order valence-corrected chi connectivity index (χ4v) is 1.29. The first-order valence-corrected chi connectivity index (χ1v) is 4.61. The van der Waals surface area contributed by atoms with Gasteiger partial charge in [0, 0.05) is 0 Å². The van der Waals surface area contributed by atoms with E-state index in [9.17, 15) is 0 Å². The molecule has 0 aliphatic heterocycles. The second kappa shape index (κ2) is 3.29. The summed E-state index contributed by atoms with van der Waals surface area (Å²) in [4.78, 5) is 0. The van der Waals surface area contributed by atoms with Crippen molar-refractivity contribution in [2.45, 2.75) is 25.9 Å². The summed E-state index contributed by atoms with van der Waals surface area (Å²) in [5, 5.41) is 0. The molecule has 13 heavy (non-hydrogen) atoms. The molecule has 1 aromatic rings. The smallest absolute Gasteiger partial charge is 0.164 e. The maximum atomic E-state index is 5.75. The SMILES string of the molecule is COc1cccc(C)c1OC1CC1. The number of benzene rings is 1. The monoisotopic (exact) mass is 178 g/mol. The Labute approximate surface area is 78.5 Å². The second-order valence-corrected chi connectivity index (χ2v) is 3.42. The summed E-state index contributed by atoms with van der Waals surface area (Å²) in [5.74, 6) is 1.75. The van der Waals surface area contributed by atoms with Crippen LogP contribution in [0.3, 0.4) is 0 Å². The molecule has 2 nitrogen and oxygen atoms in total. The molecule has 2 heteroatoms. The number of rotatable bonds is 3. The minimum absolute atomic E-state index is 0.426. The summed E-state index contributed by atoms with van der Waals surface area (Å²) in [7, 11) is 1.68. The van der Waals surface area contributed by atoms with Gasteiger partial charge in [0.2, 0.25) is 0 Å². The van der Waals surface area contributed by atoms with Gasteiger partial charge in [-0.15, -0.1) is 0 Å². The van der Waals surface area contributed by atoms with E-state index < -0.39 is 0 Å². The van der Waals surface area contributed by atoms with E-state index >= 15 is 0 Å². The Kier molecular flexibility index (Phi) is 2.13. The third kappa shape index (κ3) is 1.77. The Hall–Kier alpha value is -1.18. The van der Waals surface area contributed by atoms with Crippen LogP contribution in [0, 0.1) is 6.92 Å². The van der Waals surface area contributed by atoms with E-state index in [1.807, 2.05) is 25.1 Å². The summed E-state index contributed by atoms with van der Waals surface area (Å²) in [5.41, 5.74) is 1.14. The van der Waals surface area contributed by atoms with Crippen LogP contribution >= 0.6 is 0 Å². The molecule has 1 aliphatic carbocycles. The second-order valence-electron chi connectivity index (χ2n) is 3.42. The Morgan fingerprint density at radius 2 is 2.08 bits per heavy atom. The number of aryl methyl sites for hydroxylation is 1. The average Bonchev–Trinajstić information content (AvgIpc) is 2.92. The van der Waals surface area contributed by atoms with Crippen molar-refractivity contribution >= 4 is 0 Å². The summed E-state index contributed by atoms with van der Waals surface area (Å²) >= 11 is 0. The fraction of sp³-hybridized carbons (Fsp3) is 0.455. The molecule has 0 unspecified atom stereocenters. The van der Waals surface area contributed by atoms with Gasteiger partial charge in [-0.25, -0.2) is 0 Å². The quantitative estimate of drug-likeness (QED) is 0.708. The minimum atomic E-state index is 0.426. The minimum Gasteiger partial charge on any atom is -0.493 e. The van der Waals surface area contributed by atoms with E-state index in [1.54, 1.807) is 7.11 Å². The Morgan fingerprint density at radius 1 is 1.31 bits per heavy atom. The molecule has 1 aromatic carbocycles. The molecule has 0 aromatic heterocycles. The zero-order chi connectivity index (χ0) is 9.26. The Balaban J connectivity index is 2.27. The lowest BCUT2D eigenvalue weighted by molar-refractivity contribution is 0.280. The van der Waals surface area contributed by atoms with Crippen molar-refractivity contribution in [3.8, 4) is 11.5 Å². The van der Waals surface area contributed by atoms with Crippen LogP contribution in [0.15, 0.2) is 18.2 Å². The third-order valence-electron chi connectivity index (χ3n) is 2.20. The van der Waals surface area contributed by atoms with E-state index in [0.29, 0.717) is 6.10 Å². The van der Waals surface area contributed by atoms with Crippen LogP contribution in [0.2, 0.25) is 0 Å². The highest BCUT2D eigenvalue weighted by Crippen LogP contribution is 2.35. The van der Waals surface area contributed by atoms with Gasteiger partial charge in [-0.2, -0.15) is 0 Å². The molecule has 0 bridgehead atoms. The van der Waals surface area contributed by atoms with Gasteiger partial charge in [-0.1, -0.05) is 12.1 Å². The molecule has 0 N–H and O–H groups in total. The first kappa shape index (κ1) is 8.42. The molecule has 0 spiro atoms. The lowest BCUT2D eigenvalue weighted by Gasteiger charge is -2.11. The van der Waals surface area contributed by atoms with Crippen molar-refractivity contribution < 1.29 is 9.47 Å². The predicted octanol–water partition coefficient (Wildman–Crippen LogP) is 2.54. The molecule has 1 fully saturated rings. The van der Waals surface area contributed by atoms with Crippen molar-refractivity contribution in [1.29, 1.82) is 0 Å². The fourth-order valence-electron chi connectivity index (χ4n) is 1.29. The number of hydrogen-bond donors (Lipinski definition) is 0. The first-order valence-electron chi connectivity index (χ1n) is 4.61. The standard InChI is InChI=1S/C11H14O2/c1-8-4-3-5-10(12-2)11(8)13-9-6-7-9/h3-5,9H,6-7H2,1-2H3. The van der Waals surface area contributed by atoms with Crippen molar-refractivity contribution in [2.75, 3.05) is 7.11 Å². The van der Waals surface area contributed by atoms with Gasteiger partial charge in [0.1, 0.15) is 0 Å². The van der Waals surface area contributed by atoms with Crippen molar-refractivity contribution in [1.82, 2.24) is 0 Å². The third-order valence-corrected chi connectivity index (χ3v) is 2.20. The van der Waals surface area contributed by atoms with Crippen LogP contribution in [-0.4, -0.2) is 13.2 Å². The molecule has 1 aliphatic rings. The summed E-state index contributed by atoms with van der Waals surface area (Å²) in [6.07, 6.45) is 2.78. The molecule has 0 radical (unpaired) electrons. The number of para-hydroxylation sites is 1. The molecule has 0 saturated heterocycles. The molecule has 0 atom stereocenters. The van der Waals surface area contributed by atoms with Crippen molar-refractivity contribution in [3.63, 3.8) is 0 Å².